The molecule has 1 aliphatic carbocycles. The van der Waals surface area contributed by atoms with E-state index in [9.17, 15) is 14.4 Å². The van der Waals surface area contributed by atoms with E-state index in [0.717, 1.165) is 53.5 Å². The summed E-state index contributed by atoms with van der Waals surface area (Å²) in [6, 6.07) is 16.4. The first-order valence-corrected chi connectivity index (χ1v) is 15.4. The third kappa shape index (κ3) is 4.80. The van der Waals surface area contributed by atoms with Crippen LogP contribution < -0.4 is 0 Å². The molecule has 0 unspecified atom stereocenters. The van der Waals surface area contributed by atoms with Crippen molar-refractivity contribution in [2.45, 2.75) is 51.5 Å². The number of carbonyl (C=O) groups is 3. The van der Waals surface area contributed by atoms with Gasteiger partial charge in [-0.3, -0.25) is 24.3 Å². The molecule has 1 aromatic heterocycles. The van der Waals surface area contributed by atoms with Crippen molar-refractivity contribution in [1.29, 1.82) is 0 Å². The molecule has 8 nitrogen and oxygen atoms in total. The van der Waals surface area contributed by atoms with Crippen LogP contribution in [0.25, 0.3) is 22.1 Å². The summed E-state index contributed by atoms with van der Waals surface area (Å²) < 4.78 is 5.50. The van der Waals surface area contributed by atoms with Gasteiger partial charge in [0, 0.05) is 55.5 Å². The quantitative estimate of drug-likeness (QED) is 0.422. The fourth-order valence-corrected chi connectivity index (χ4v) is 6.82. The maximum absolute atomic E-state index is 14.2. The van der Waals surface area contributed by atoms with Crippen molar-refractivity contribution in [3.63, 3.8) is 0 Å². The molecule has 0 N–H and O–H groups in total. The standard InChI is InChI=1S/C34H38N4O4/c1-22(2)31(39)36-16-13-34(14-17-36)33(41)38(21-23-11-15-37(20-23)32(40)26-7-8-26)30(35-34)25-5-3-24(4-6-25)27-9-10-29-28(19-27)12-18-42-29/h3-6,9-10,12,18-19,22-23,26H,7-8,11,13-17,20-21H2,1-2H3/t23-/m1/s1. The van der Waals surface area contributed by atoms with Crippen molar-refractivity contribution in [2.24, 2.45) is 22.7 Å². The van der Waals surface area contributed by atoms with Gasteiger partial charge >= 0.3 is 0 Å². The lowest BCUT2D eigenvalue weighted by molar-refractivity contribution is -0.140. The minimum atomic E-state index is -0.837. The number of nitrogens with zero attached hydrogens (tertiary/aromatic N) is 4. The topological polar surface area (TPSA) is 86.4 Å². The van der Waals surface area contributed by atoms with Gasteiger partial charge in [-0.2, -0.15) is 0 Å². The van der Waals surface area contributed by atoms with Crippen molar-refractivity contribution in [3.8, 4) is 11.1 Å². The van der Waals surface area contributed by atoms with Crippen LogP contribution in [0.4, 0.5) is 0 Å². The largest absolute Gasteiger partial charge is 0.464 e. The van der Waals surface area contributed by atoms with Crippen LogP contribution in [0.5, 0.6) is 0 Å². The average Bonchev–Trinajstić information content (AvgIpc) is 3.46. The normalized spacial score (nSPS) is 22.1. The maximum atomic E-state index is 14.2. The Hall–Kier alpha value is -3.94. The summed E-state index contributed by atoms with van der Waals surface area (Å²) in [7, 11) is 0. The molecule has 3 aliphatic heterocycles. The van der Waals surface area contributed by atoms with Gasteiger partial charge in [0.2, 0.25) is 11.8 Å². The molecule has 8 heteroatoms. The van der Waals surface area contributed by atoms with E-state index >= 15 is 0 Å². The number of amidine groups is 1. The molecule has 1 spiro atoms. The van der Waals surface area contributed by atoms with E-state index in [0.29, 0.717) is 44.9 Å². The third-order valence-electron chi connectivity index (χ3n) is 9.51. The Kier molecular flexibility index (Phi) is 6.67. The van der Waals surface area contributed by atoms with E-state index < -0.39 is 5.54 Å². The summed E-state index contributed by atoms with van der Waals surface area (Å²) in [5.74, 6) is 1.53. The first-order chi connectivity index (χ1) is 20.3. The van der Waals surface area contributed by atoms with Gasteiger partial charge in [0.05, 0.1) is 6.26 Å². The highest BCUT2D eigenvalue weighted by molar-refractivity contribution is 6.15. The van der Waals surface area contributed by atoms with Crippen molar-refractivity contribution in [1.82, 2.24) is 14.7 Å². The van der Waals surface area contributed by atoms with Gasteiger partial charge in [-0.1, -0.05) is 44.2 Å². The predicted octanol–water partition coefficient (Wildman–Crippen LogP) is 4.96. The van der Waals surface area contributed by atoms with E-state index in [1.807, 2.05) is 40.7 Å². The summed E-state index contributed by atoms with van der Waals surface area (Å²) >= 11 is 0. The Morgan fingerprint density at radius 3 is 2.36 bits per heavy atom. The summed E-state index contributed by atoms with van der Waals surface area (Å²) in [4.78, 5) is 50.5. The number of fused-ring (bicyclic) bond motifs is 1. The monoisotopic (exact) mass is 566 g/mol. The highest BCUT2D eigenvalue weighted by atomic mass is 16.3. The first kappa shape index (κ1) is 26.9. The van der Waals surface area contributed by atoms with Crippen molar-refractivity contribution >= 4 is 34.5 Å². The Morgan fingerprint density at radius 2 is 1.64 bits per heavy atom. The van der Waals surface area contributed by atoms with Crippen LogP contribution in [0.3, 0.4) is 0 Å². The molecule has 218 valence electrons. The lowest BCUT2D eigenvalue weighted by Gasteiger charge is -2.37. The molecule has 4 heterocycles. The number of furan rings is 1. The van der Waals surface area contributed by atoms with Crippen molar-refractivity contribution in [2.75, 3.05) is 32.7 Å². The van der Waals surface area contributed by atoms with Crippen LogP contribution >= 0.6 is 0 Å². The molecule has 4 aliphatic rings. The molecule has 3 fully saturated rings. The van der Waals surface area contributed by atoms with Gasteiger partial charge < -0.3 is 14.2 Å². The second-order valence-corrected chi connectivity index (χ2v) is 12.8. The molecular formula is C34H38N4O4. The van der Waals surface area contributed by atoms with Crippen LogP contribution in [0.1, 0.15) is 51.5 Å². The second kappa shape index (κ2) is 10.4. The number of amides is 3. The van der Waals surface area contributed by atoms with Crippen molar-refractivity contribution in [3.05, 3.63) is 60.4 Å². The smallest absolute Gasteiger partial charge is 0.256 e. The lowest BCUT2D eigenvalue weighted by atomic mass is 9.87. The molecule has 0 radical (unpaired) electrons. The molecule has 3 amide bonds. The van der Waals surface area contributed by atoms with Gasteiger partial charge in [0.1, 0.15) is 17.0 Å². The highest BCUT2D eigenvalue weighted by Gasteiger charge is 2.51. The van der Waals surface area contributed by atoms with Gasteiger partial charge in [0.15, 0.2) is 0 Å². The van der Waals surface area contributed by atoms with E-state index in [1.54, 1.807) is 6.26 Å². The first-order valence-electron chi connectivity index (χ1n) is 15.4. The van der Waals surface area contributed by atoms with Crippen LogP contribution in [0.2, 0.25) is 0 Å². The summed E-state index contributed by atoms with van der Waals surface area (Å²) in [6.45, 7) is 6.93. The fraction of sp³-hybridized carbons (Fsp3) is 0.471. The average molecular weight is 567 g/mol. The van der Waals surface area contributed by atoms with Crippen LogP contribution in [0, 0.1) is 17.8 Å². The molecule has 3 aromatic rings. The SMILES string of the molecule is CC(C)C(=O)N1CCC2(CC1)N=C(c1ccc(-c3ccc4occc4c3)cc1)N(C[C@@H]1CCN(C(=O)C3CC3)C1)C2=O. The molecule has 1 saturated carbocycles. The summed E-state index contributed by atoms with van der Waals surface area (Å²) in [5, 5.41) is 1.06. The Labute approximate surface area is 246 Å². The van der Waals surface area contributed by atoms with Gasteiger partial charge in [0.25, 0.3) is 5.91 Å². The number of likely N-dealkylation sites (tertiary alicyclic amines) is 2. The minimum Gasteiger partial charge on any atom is -0.464 e. The molecule has 2 aromatic carbocycles. The number of aliphatic imine (C=N–C) groups is 1. The molecule has 7 rings (SSSR count). The number of benzene rings is 2. The van der Waals surface area contributed by atoms with Crippen LogP contribution in [-0.4, -0.2) is 76.5 Å². The van der Waals surface area contributed by atoms with Crippen LogP contribution in [-0.2, 0) is 14.4 Å². The number of carbonyl (C=O) groups excluding carboxylic acids is 3. The predicted molar refractivity (Wildman–Crippen MR) is 161 cm³/mol. The molecule has 42 heavy (non-hydrogen) atoms. The van der Waals surface area contributed by atoms with Crippen molar-refractivity contribution < 1.29 is 18.8 Å². The van der Waals surface area contributed by atoms with E-state index in [2.05, 4.69) is 36.4 Å². The number of piperidine rings is 1. The molecule has 0 bridgehead atoms. The van der Waals surface area contributed by atoms with E-state index in [4.69, 9.17) is 9.41 Å². The third-order valence-corrected chi connectivity index (χ3v) is 9.51. The Morgan fingerprint density at radius 1 is 0.929 bits per heavy atom. The fourth-order valence-electron chi connectivity index (χ4n) is 6.82. The molecular weight excluding hydrogens is 528 g/mol. The number of rotatable bonds is 6. The number of hydrogen-bond acceptors (Lipinski definition) is 5. The van der Waals surface area contributed by atoms with Gasteiger partial charge in [-0.15, -0.1) is 0 Å². The minimum absolute atomic E-state index is 0.0376. The van der Waals surface area contributed by atoms with Gasteiger partial charge in [-0.05, 0) is 67.3 Å². The maximum Gasteiger partial charge on any atom is 0.256 e. The zero-order chi connectivity index (χ0) is 29.0. The van der Waals surface area contributed by atoms with E-state index in [1.165, 1.54) is 0 Å². The van der Waals surface area contributed by atoms with E-state index in [-0.39, 0.29) is 35.5 Å². The Bertz CT molecular complexity index is 1560. The summed E-state index contributed by atoms with van der Waals surface area (Å²) in [5.41, 5.74) is 3.12. The second-order valence-electron chi connectivity index (χ2n) is 12.8. The highest BCUT2D eigenvalue weighted by Crippen LogP contribution is 2.38. The summed E-state index contributed by atoms with van der Waals surface area (Å²) in [6.07, 6.45) is 5.67. The zero-order valence-corrected chi connectivity index (χ0v) is 24.4. The van der Waals surface area contributed by atoms with Crippen LogP contribution in [0.15, 0.2) is 64.2 Å². The lowest BCUT2D eigenvalue weighted by Crippen LogP contribution is -2.52. The van der Waals surface area contributed by atoms with Gasteiger partial charge in [-0.25, -0.2) is 0 Å². The Balaban J connectivity index is 1.15. The molecule has 1 atom stereocenters. The zero-order valence-electron chi connectivity index (χ0n) is 24.4. The number of hydrogen-bond donors (Lipinski definition) is 0. The molecule has 2 saturated heterocycles.